The van der Waals surface area contributed by atoms with Crippen molar-refractivity contribution < 1.29 is 9.59 Å². The summed E-state index contributed by atoms with van der Waals surface area (Å²) in [6.07, 6.45) is 0.716. The Morgan fingerprint density at radius 3 is 2.35 bits per heavy atom. The molecule has 2 rings (SSSR count). The highest BCUT2D eigenvalue weighted by atomic mass is 16.2. The molecule has 0 bridgehead atoms. The van der Waals surface area contributed by atoms with Crippen LogP contribution in [-0.2, 0) is 0 Å². The van der Waals surface area contributed by atoms with Crippen molar-refractivity contribution in [2.24, 2.45) is 0 Å². The highest BCUT2D eigenvalue weighted by Crippen LogP contribution is 2.31. The van der Waals surface area contributed by atoms with E-state index in [2.05, 4.69) is 0 Å². The summed E-state index contributed by atoms with van der Waals surface area (Å²) in [7, 11) is 0. The van der Waals surface area contributed by atoms with Crippen LogP contribution in [-0.4, -0.2) is 22.3 Å². The molecule has 0 fully saturated rings. The van der Waals surface area contributed by atoms with Crippen molar-refractivity contribution in [2.75, 3.05) is 5.73 Å². The maximum Gasteiger partial charge on any atom is 0.262 e. The number of anilines is 1. The van der Waals surface area contributed by atoms with Gasteiger partial charge in [-0.05, 0) is 38.5 Å². The fourth-order valence-electron chi connectivity index (χ4n) is 1.97. The summed E-state index contributed by atoms with van der Waals surface area (Å²) < 4.78 is 0. The van der Waals surface area contributed by atoms with Crippen molar-refractivity contribution in [1.82, 2.24) is 4.90 Å². The molecule has 0 saturated heterocycles. The van der Waals surface area contributed by atoms with E-state index in [4.69, 9.17) is 5.73 Å². The van der Waals surface area contributed by atoms with Gasteiger partial charge in [0.05, 0.1) is 11.1 Å². The number of amides is 2. The van der Waals surface area contributed by atoms with Crippen molar-refractivity contribution in [3.05, 3.63) is 29.3 Å². The van der Waals surface area contributed by atoms with Crippen LogP contribution in [0.1, 0.15) is 47.9 Å². The lowest BCUT2D eigenvalue weighted by atomic mass is 9.99. The Morgan fingerprint density at radius 1 is 1.18 bits per heavy atom. The molecule has 1 aliphatic heterocycles. The largest absolute Gasteiger partial charge is 0.399 e. The van der Waals surface area contributed by atoms with Gasteiger partial charge in [-0.3, -0.25) is 14.5 Å². The van der Waals surface area contributed by atoms with E-state index in [0.29, 0.717) is 23.2 Å². The highest BCUT2D eigenvalue weighted by Gasteiger charge is 2.43. The van der Waals surface area contributed by atoms with E-state index in [1.807, 2.05) is 20.8 Å². The highest BCUT2D eigenvalue weighted by molar-refractivity contribution is 6.22. The predicted molar refractivity (Wildman–Crippen MR) is 65.7 cm³/mol. The van der Waals surface area contributed by atoms with Gasteiger partial charge in [-0.15, -0.1) is 0 Å². The molecular weight excluding hydrogens is 216 g/mol. The summed E-state index contributed by atoms with van der Waals surface area (Å²) in [6, 6.07) is 4.84. The lowest BCUT2D eigenvalue weighted by molar-refractivity contribution is 0.0474. The van der Waals surface area contributed by atoms with E-state index in [-0.39, 0.29) is 11.8 Å². The third-order valence-corrected chi connectivity index (χ3v) is 3.38. The Labute approximate surface area is 100 Å². The molecule has 0 unspecified atom stereocenters. The molecule has 1 heterocycles. The minimum atomic E-state index is -0.470. The van der Waals surface area contributed by atoms with E-state index < -0.39 is 5.54 Å². The summed E-state index contributed by atoms with van der Waals surface area (Å²) >= 11 is 0. The van der Waals surface area contributed by atoms with E-state index in [1.165, 1.54) is 4.90 Å². The molecule has 0 radical (unpaired) electrons. The molecule has 17 heavy (non-hydrogen) atoms. The number of hydrogen-bond acceptors (Lipinski definition) is 3. The molecule has 0 spiro atoms. The zero-order valence-corrected chi connectivity index (χ0v) is 10.3. The second-order valence-corrected chi connectivity index (χ2v) is 4.92. The Bertz CT molecular complexity index is 506. The zero-order valence-electron chi connectivity index (χ0n) is 10.3. The molecule has 90 valence electrons. The Kier molecular flexibility index (Phi) is 2.45. The van der Waals surface area contributed by atoms with Gasteiger partial charge in [-0.25, -0.2) is 0 Å². The van der Waals surface area contributed by atoms with Crippen molar-refractivity contribution in [1.29, 1.82) is 0 Å². The number of nitrogens with zero attached hydrogens (tertiary/aromatic N) is 1. The van der Waals surface area contributed by atoms with Crippen molar-refractivity contribution >= 4 is 17.5 Å². The van der Waals surface area contributed by atoms with Crippen LogP contribution in [0.4, 0.5) is 5.69 Å². The van der Waals surface area contributed by atoms with Gasteiger partial charge in [-0.2, -0.15) is 0 Å². The van der Waals surface area contributed by atoms with Crippen molar-refractivity contribution in [2.45, 2.75) is 32.7 Å². The number of imide groups is 1. The summed E-state index contributed by atoms with van der Waals surface area (Å²) in [5.74, 6) is -0.471. The number of benzene rings is 1. The quantitative estimate of drug-likeness (QED) is 0.627. The summed E-state index contributed by atoms with van der Waals surface area (Å²) in [5, 5.41) is 0. The first-order valence-corrected chi connectivity index (χ1v) is 5.67. The third-order valence-electron chi connectivity index (χ3n) is 3.38. The monoisotopic (exact) mass is 232 g/mol. The predicted octanol–water partition coefficient (Wildman–Crippen LogP) is 2.05. The van der Waals surface area contributed by atoms with Crippen LogP contribution in [0, 0.1) is 0 Å². The summed E-state index contributed by atoms with van der Waals surface area (Å²) in [6.45, 7) is 5.73. The number of hydrogen-bond donors (Lipinski definition) is 1. The van der Waals surface area contributed by atoms with Gasteiger partial charge >= 0.3 is 0 Å². The molecule has 0 aromatic heterocycles. The van der Waals surface area contributed by atoms with E-state index >= 15 is 0 Å². The Morgan fingerprint density at radius 2 is 1.76 bits per heavy atom. The average molecular weight is 232 g/mol. The van der Waals surface area contributed by atoms with E-state index in [1.54, 1.807) is 18.2 Å². The standard InChI is InChI=1S/C13H16N2O2/c1-4-13(2,3)15-11(16)9-6-5-8(14)7-10(9)12(15)17/h5-7H,4,14H2,1-3H3. The number of nitrogen functional groups attached to an aromatic ring is 1. The molecular formula is C13H16N2O2. The maximum atomic E-state index is 12.2. The molecule has 2 amide bonds. The van der Waals surface area contributed by atoms with E-state index in [0.717, 1.165) is 0 Å². The lowest BCUT2D eigenvalue weighted by Crippen LogP contribution is -2.47. The number of rotatable bonds is 2. The maximum absolute atomic E-state index is 12.2. The fraction of sp³-hybridized carbons (Fsp3) is 0.385. The molecule has 4 heteroatoms. The Hall–Kier alpha value is -1.84. The van der Waals surface area contributed by atoms with Gasteiger partial charge in [0.1, 0.15) is 0 Å². The second kappa shape index (κ2) is 3.58. The van der Waals surface area contributed by atoms with Gasteiger partial charge in [0.2, 0.25) is 0 Å². The first-order chi connectivity index (χ1) is 7.88. The topological polar surface area (TPSA) is 63.4 Å². The molecule has 4 nitrogen and oxygen atoms in total. The normalized spacial score (nSPS) is 15.4. The van der Waals surface area contributed by atoms with Crippen LogP contribution >= 0.6 is 0 Å². The van der Waals surface area contributed by atoms with Gasteiger partial charge in [0.15, 0.2) is 0 Å². The van der Waals surface area contributed by atoms with Crippen LogP contribution in [0.15, 0.2) is 18.2 Å². The van der Waals surface area contributed by atoms with Crippen LogP contribution in [0.3, 0.4) is 0 Å². The fourth-order valence-corrected chi connectivity index (χ4v) is 1.97. The molecule has 0 aliphatic carbocycles. The van der Waals surface area contributed by atoms with Gasteiger partial charge in [-0.1, -0.05) is 6.92 Å². The van der Waals surface area contributed by atoms with Crippen LogP contribution in [0.25, 0.3) is 0 Å². The number of nitrogens with two attached hydrogens (primary N) is 1. The van der Waals surface area contributed by atoms with Crippen molar-refractivity contribution in [3.8, 4) is 0 Å². The van der Waals surface area contributed by atoms with Crippen molar-refractivity contribution in [3.63, 3.8) is 0 Å². The zero-order chi connectivity index (χ0) is 12.8. The number of carbonyl (C=O) groups is 2. The molecule has 0 saturated carbocycles. The molecule has 2 N–H and O–H groups in total. The molecule has 0 atom stereocenters. The summed E-state index contributed by atoms with van der Waals surface area (Å²) in [5.41, 5.74) is 6.54. The minimum Gasteiger partial charge on any atom is -0.399 e. The lowest BCUT2D eigenvalue weighted by Gasteiger charge is -2.32. The smallest absolute Gasteiger partial charge is 0.262 e. The van der Waals surface area contributed by atoms with Gasteiger partial charge < -0.3 is 5.73 Å². The third kappa shape index (κ3) is 1.60. The van der Waals surface area contributed by atoms with Crippen LogP contribution in [0.5, 0.6) is 0 Å². The van der Waals surface area contributed by atoms with Crippen LogP contribution < -0.4 is 5.73 Å². The second-order valence-electron chi connectivity index (χ2n) is 4.92. The first kappa shape index (κ1) is 11.6. The Balaban J connectivity index is 2.53. The number of carbonyl (C=O) groups excluding carboxylic acids is 2. The minimum absolute atomic E-state index is 0.225. The molecule has 1 aromatic rings. The van der Waals surface area contributed by atoms with Gasteiger partial charge in [0.25, 0.3) is 11.8 Å². The van der Waals surface area contributed by atoms with E-state index in [9.17, 15) is 9.59 Å². The first-order valence-electron chi connectivity index (χ1n) is 5.67. The number of fused-ring (bicyclic) bond motifs is 1. The van der Waals surface area contributed by atoms with Crippen LogP contribution in [0.2, 0.25) is 0 Å². The SMILES string of the molecule is CCC(C)(C)N1C(=O)c2ccc(N)cc2C1=O. The molecule has 1 aromatic carbocycles. The average Bonchev–Trinajstić information content (AvgIpc) is 2.52. The van der Waals surface area contributed by atoms with Gasteiger partial charge in [0, 0.05) is 11.2 Å². The summed E-state index contributed by atoms with van der Waals surface area (Å²) in [4.78, 5) is 25.7. The molecule has 1 aliphatic rings.